The Balaban J connectivity index is 4.22. The average Bonchev–Trinajstić information content (AvgIpc) is 3.17. The summed E-state index contributed by atoms with van der Waals surface area (Å²) in [5.41, 5.74) is 0. The molecule has 0 aromatic carbocycles. The fourth-order valence-electron chi connectivity index (χ4n) is 6.51. The molecule has 0 spiro atoms. The van der Waals surface area contributed by atoms with E-state index in [9.17, 15) is 14.3 Å². The normalized spacial score (nSPS) is 13.9. The number of quaternary nitrogens is 1. The van der Waals surface area contributed by atoms with Gasteiger partial charge in [-0.2, -0.15) is 0 Å². The third kappa shape index (κ3) is 45.5. The molecule has 0 heterocycles. The first-order valence-electron chi connectivity index (χ1n) is 23.8. The highest BCUT2D eigenvalue weighted by Crippen LogP contribution is 2.43. The van der Waals surface area contributed by atoms with Crippen molar-refractivity contribution in [3.8, 4) is 0 Å². The number of hydrogen-bond acceptors (Lipinski definition) is 6. The first kappa shape index (κ1) is 55.6. The minimum Gasteiger partial charge on any atom is -0.492 e. The molecule has 8 nitrogen and oxygen atoms in total. The van der Waals surface area contributed by atoms with Gasteiger partial charge >= 0.3 is 13.8 Å². The second-order valence-electron chi connectivity index (χ2n) is 17.2. The van der Waals surface area contributed by atoms with Gasteiger partial charge in [0, 0.05) is 6.42 Å². The minimum atomic E-state index is -4.27. The molecule has 0 amide bonds. The summed E-state index contributed by atoms with van der Waals surface area (Å²) < 4.78 is 34.8. The number of carbonyl (C=O) groups excluding carboxylic acids is 1. The van der Waals surface area contributed by atoms with Gasteiger partial charge in [-0.1, -0.05) is 179 Å². The standard InChI is InChI=1S/C48H92NO7P/c1-6-8-10-12-14-16-18-20-22-24-25-26-27-29-31-33-35-37-39-41-48(50)54-45-47(46-56-57(51,52)55-44-42-49(3,4)5)53-43-40-38-36-34-32-30-28-23-21-19-17-15-13-11-9-7-2/h14,16,20,22,40,43,47H,6-13,15,17-19,21,23-39,41-42,44-46H2,1-5H3/p+1/b16-14-,22-20-,43-40-. The van der Waals surface area contributed by atoms with E-state index in [4.69, 9.17) is 18.5 Å². The number of phosphoric acid groups is 1. The van der Waals surface area contributed by atoms with Gasteiger partial charge in [-0.3, -0.25) is 13.8 Å². The van der Waals surface area contributed by atoms with Crippen molar-refractivity contribution < 1.29 is 37.3 Å². The molecule has 0 rings (SSSR count). The van der Waals surface area contributed by atoms with Crippen molar-refractivity contribution in [3.05, 3.63) is 36.6 Å². The smallest absolute Gasteiger partial charge is 0.472 e. The van der Waals surface area contributed by atoms with Crippen LogP contribution in [0, 0.1) is 0 Å². The van der Waals surface area contributed by atoms with E-state index in [1.165, 1.54) is 154 Å². The van der Waals surface area contributed by atoms with Crippen LogP contribution in [-0.4, -0.2) is 69.0 Å². The molecule has 0 saturated carbocycles. The molecule has 0 saturated heterocycles. The number of likely N-dealkylation sites (N-methyl/N-ethyl adjacent to an activating group) is 1. The zero-order valence-corrected chi connectivity index (χ0v) is 39.0. The second-order valence-corrected chi connectivity index (χ2v) is 18.7. The summed E-state index contributed by atoms with van der Waals surface area (Å²) in [6.07, 6.45) is 49.9. The Morgan fingerprint density at radius 1 is 0.561 bits per heavy atom. The molecule has 2 atom stereocenters. The highest BCUT2D eigenvalue weighted by Gasteiger charge is 2.25. The third-order valence-electron chi connectivity index (χ3n) is 10.3. The van der Waals surface area contributed by atoms with Crippen molar-refractivity contribution in [1.82, 2.24) is 0 Å². The molecular formula is C48H93NO7P+. The van der Waals surface area contributed by atoms with Crippen LogP contribution in [0.15, 0.2) is 36.6 Å². The molecule has 336 valence electrons. The van der Waals surface area contributed by atoms with E-state index in [0.29, 0.717) is 17.4 Å². The summed E-state index contributed by atoms with van der Waals surface area (Å²) in [6.45, 7) is 4.90. The van der Waals surface area contributed by atoms with Crippen LogP contribution < -0.4 is 0 Å². The van der Waals surface area contributed by atoms with Crippen LogP contribution in [0.2, 0.25) is 0 Å². The van der Waals surface area contributed by atoms with Gasteiger partial charge in [0.25, 0.3) is 0 Å². The number of ether oxygens (including phenoxy) is 2. The number of rotatable bonds is 44. The van der Waals surface area contributed by atoms with Gasteiger partial charge in [0.15, 0.2) is 6.10 Å². The van der Waals surface area contributed by atoms with Gasteiger partial charge in [0.05, 0.1) is 34.0 Å². The molecule has 1 N–H and O–H groups in total. The Labute approximate surface area is 353 Å². The average molecular weight is 827 g/mol. The number of nitrogens with zero attached hydrogens (tertiary/aromatic N) is 1. The summed E-state index contributed by atoms with van der Waals surface area (Å²) >= 11 is 0. The predicted octanol–water partition coefficient (Wildman–Crippen LogP) is 14.5. The Kier molecular flexibility index (Phi) is 40.3. The Hall–Kier alpha value is -1.44. The van der Waals surface area contributed by atoms with E-state index in [1.807, 2.05) is 27.2 Å². The van der Waals surface area contributed by atoms with E-state index in [1.54, 1.807) is 6.26 Å². The van der Waals surface area contributed by atoms with Gasteiger partial charge in [-0.15, -0.1) is 0 Å². The molecule has 0 radical (unpaired) electrons. The molecule has 57 heavy (non-hydrogen) atoms. The lowest BCUT2D eigenvalue weighted by atomic mass is 10.0. The van der Waals surface area contributed by atoms with Crippen LogP contribution in [-0.2, 0) is 27.9 Å². The fourth-order valence-corrected chi connectivity index (χ4v) is 7.25. The minimum absolute atomic E-state index is 0.0487. The van der Waals surface area contributed by atoms with Gasteiger partial charge < -0.3 is 18.9 Å². The molecule has 0 aromatic heterocycles. The largest absolute Gasteiger partial charge is 0.492 e. The monoisotopic (exact) mass is 827 g/mol. The summed E-state index contributed by atoms with van der Waals surface area (Å²) in [6, 6.07) is 0. The van der Waals surface area contributed by atoms with E-state index in [0.717, 1.165) is 38.5 Å². The SMILES string of the molecule is CCCCC/C=C\C/C=C\CCCCCCCCCCCC(=O)OCC(COP(=O)(O)OCC[N+](C)(C)C)O/C=C\CCCCCCCCCCCCCCCC. The van der Waals surface area contributed by atoms with Crippen molar-refractivity contribution in [1.29, 1.82) is 0 Å². The lowest BCUT2D eigenvalue weighted by Crippen LogP contribution is -2.37. The molecule has 0 bridgehead atoms. The maximum Gasteiger partial charge on any atom is 0.472 e. The first-order valence-corrected chi connectivity index (χ1v) is 25.3. The molecular weight excluding hydrogens is 734 g/mol. The van der Waals surface area contributed by atoms with Crippen molar-refractivity contribution >= 4 is 13.8 Å². The Morgan fingerprint density at radius 2 is 0.982 bits per heavy atom. The quantitative estimate of drug-likeness (QED) is 0.0163. The zero-order chi connectivity index (χ0) is 42.0. The molecule has 9 heteroatoms. The molecule has 0 aromatic rings. The van der Waals surface area contributed by atoms with Crippen molar-refractivity contribution in [2.24, 2.45) is 0 Å². The molecule has 0 aliphatic heterocycles. The Bertz CT molecular complexity index is 1010. The van der Waals surface area contributed by atoms with Crippen LogP contribution >= 0.6 is 7.82 Å². The highest BCUT2D eigenvalue weighted by atomic mass is 31.2. The van der Waals surface area contributed by atoms with E-state index < -0.39 is 13.9 Å². The number of allylic oxidation sites excluding steroid dienone is 5. The maximum absolute atomic E-state index is 12.5. The van der Waals surface area contributed by atoms with E-state index in [2.05, 4.69) is 38.2 Å². The van der Waals surface area contributed by atoms with Crippen LogP contribution in [0.25, 0.3) is 0 Å². The van der Waals surface area contributed by atoms with E-state index in [-0.39, 0.29) is 25.8 Å². The molecule has 0 aliphatic carbocycles. The summed E-state index contributed by atoms with van der Waals surface area (Å²) in [4.78, 5) is 22.7. The van der Waals surface area contributed by atoms with Gasteiger partial charge in [0.2, 0.25) is 0 Å². The first-order chi connectivity index (χ1) is 27.6. The van der Waals surface area contributed by atoms with Crippen LogP contribution in [0.4, 0.5) is 0 Å². The third-order valence-corrected chi connectivity index (χ3v) is 11.3. The van der Waals surface area contributed by atoms with Crippen LogP contribution in [0.1, 0.15) is 213 Å². The zero-order valence-electron chi connectivity index (χ0n) is 38.1. The number of phosphoric ester groups is 1. The van der Waals surface area contributed by atoms with Crippen molar-refractivity contribution in [3.63, 3.8) is 0 Å². The van der Waals surface area contributed by atoms with Crippen LogP contribution in [0.5, 0.6) is 0 Å². The van der Waals surface area contributed by atoms with Gasteiger partial charge in [-0.05, 0) is 57.4 Å². The number of unbranched alkanes of at least 4 members (excludes halogenated alkanes) is 26. The van der Waals surface area contributed by atoms with E-state index >= 15 is 0 Å². The summed E-state index contributed by atoms with van der Waals surface area (Å²) in [5, 5.41) is 0. The maximum atomic E-state index is 12.5. The summed E-state index contributed by atoms with van der Waals surface area (Å²) in [7, 11) is 1.67. The number of hydrogen-bond donors (Lipinski definition) is 1. The van der Waals surface area contributed by atoms with Crippen LogP contribution in [0.3, 0.4) is 0 Å². The fraction of sp³-hybridized carbons (Fsp3) is 0.854. The van der Waals surface area contributed by atoms with Gasteiger partial charge in [-0.25, -0.2) is 4.57 Å². The second kappa shape index (κ2) is 41.3. The number of carbonyl (C=O) groups is 1. The summed E-state index contributed by atoms with van der Waals surface area (Å²) in [5.74, 6) is -0.279. The van der Waals surface area contributed by atoms with Crippen molar-refractivity contribution in [2.45, 2.75) is 219 Å². The Morgan fingerprint density at radius 3 is 1.47 bits per heavy atom. The van der Waals surface area contributed by atoms with Crippen molar-refractivity contribution in [2.75, 3.05) is 47.5 Å². The molecule has 0 fully saturated rings. The molecule has 2 unspecified atom stereocenters. The highest BCUT2D eigenvalue weighted by molar-refractivity contribution is 7.47. The molecule has 0 aliphatic rings. The lowest BCUT2D eigenvalue weighted by molar-refractivity contribution is -0.870. The number of esters is 1. The topological polar surface area (TPSA) is 91.3 Å². The predicted molar refractivity (Wildman–Crippen MR) is 242 cm³/mol. The van der Waals surface area contributed by atoms with Gasteiger partial charge in [0.1, 0.15) is 19.8 Å². The lowest BCUT2D eigenvalue weighted by Gasteiger charge is -2.24.